The van der Waals surface area contributed by atoms with Gasteiger partial charge in [-0.2, -0.15) is 8.78 Å². The highest BCUT2D eigenvalue weighted by Crippen LogP contribution is 2.29. The Hall–Kier alpha value is -2.05. The fraction of sp³-hybridized carbons (Fsp3) is 0.611. The van der Waals surface area contributed by atoms with Crippen molar-refractivity contribution in [3.05, 3.63) is 23.8 Å². The van der Waals surface area contributed by atoms with Crippen LogP contribution >= 0.6 is 0 Å². The molecule has 2 rings (SSSR count). The van der Waals surface area contributed by atoms with Gasteiger partial charge in [0.2, 0.25) is 0 Å². The molecule has 0 atom stereocenters. The minimum atomic E-state index is -2.89. The molecule has 0 amide bonds. The number of halogens is 2. The Morgan fingerprint density at radius 1 is 1.32 bits per heavy atom. The van der Waals surface area contributed by atoms with Crippen molar-refractivity contribution < 1.29 is 18.3 Å². The molecular weight excluding hydrogens is 328 g/mol. The van der Waals surface area contributed by atoms with E-state index in [1.807, 2.05) is 13.0 Å². The van der Waals surface area contributed by atoms with E-state index in [1.54, 1.807) is 12.1 Å². The number of rotatable bonds is 6. The summed E-state index contributed by atoms with van der Waals surface area (Å²) in [6.45, 7) is 4.55. The van der Waals surface area contributed by atoms with E-state index < -0.39 is 6.61 Å². The van der Waals surface area contributed by atoms with Crippen molar-refractivity contribution >= 4 is 5.96 Å². The third kappa shape index (κ3) is 5.76. The molecule has 5 nitrogen and oxygen atoms in total. The number of nitrogens with zero attached hydrogens (tertiary/aromatic N) is 2. The standard InChI is InChI=1S/C18H27F2N3O2/c1-4-21-18(23-9-7-13(2)8-10-23)22-12-14-5-6-15(24-3)16(11-14)25-17(19)20/h5-6,11,13,17H,4,7-10,12H2,1-3H3,(H,21,22). The van der Waals surface area contributed by atoms with Crippen molar-refractivity contribution in [2.24, 2.45) is 10.9 Å². The second-order valence-corrected chi connectivity index (χ2v) is 6.20. The molecule has 0 saturated carbocycles. The summed E-state index contributed by atoms with van der Waals surface area (Å²) in [4.78, 5) is 6.91. The zero-order valence-corrected chi connectivity index (χ0v) is 15.1. The molecule has 25 heavy (non-hydrogen) atoms. The van der Waals surface area contributed by atoms with Gasteiger partial charge in [-0.05, 0) is 43.4 Å². The fourth-order valence-electron chi connectivity index (χ4n) is 2.82. The van der Waals surface area contributed by atoms with Crippen LogP contribution in [0.4, 0.5) is 8.78 Å². The molecule has 1 aliphatic rings. The maximum absolute atomic E-state index is 12.5. The Balaban J connectivity index is 2.11. The molecule has 0 aromatic heterocycles. The Kier molecular flexibility index (Phi) is 7.28. The van der Waals surface area contributed by atoms with Crippen LogP contribution in [-0.4, -0.2) is 44.2 Å². The van der Waals surface area contributed by atoms with Gasteiger partial charge in [-0.25, -0.2) is 4.99 Å². The van der Waals surface area contributed by atoms with Gasteiger partial charge in [-0.1, -0.05) is 13.0 Å². The molecule has 140 valence electrons. The summed E-state index contributed by atoms with van der Waals surface area (Å²) in [5, 5.41) is 3.31. The van der Waals surface area contributed by atoms with Crippen LogP contribution in [-0.2, 0) is 6.54 Å². The zero-order chi connectivity index (χ0) is 18.2. The van der Waals surface area contributed by atoms with Gasteiger partial charge in [0.1, 0.15) is 0 Å². The SMILES string of the molecule is CCNC(=NCc1ccc(OC)c(OC(F)F)c1)N1CCC(C)CC1. The molecule has 1 saturated heterocycles. The van der Waals surface area contributed by atoms with Gasteiger partial charge in [0, 0.05) is 19.6 Å². The Morgan fingerprint density at radius 2 is 2.04 bits per heavy atom. The number of alkyl halides is 2. The molecule has 0 unspecified atom stereocenters. The van der Waals surface area contributed by atoms with E-state index in [2.05, 4.69) is 26.9 Å². The van der Waals surface area contributed by atoms with Crippen molar-refractivity contribution in [3.63, 3.8) is 0 Å². The topological polar surface area (TPSA) is 46.1 Å². The van der Waals surface area contributed by atoms with Crippen LogP contribution in [0.2, 0.25) is 0 Å². The number of hydrogen-bond donors (Lipinski definition) is 1. The van der Waals surface area contributed by atoms with Gasteiger partial charge in [0.15, 0.2) is 17.5 Å². The smallest absolute Gasteiger partial charge is 0.387 e. The predicted octanol–water partition coefficient (Wildman–Crippen LogP) is 3.49. The van der Waals surface area contributed by atoms with Gasteiger partial charge in [0.25, 0.3) is 0 Å². The number of aliphatic imine (C=N–C) groups is 1. The van der Waals surface area contributed by atoms with Crippen LogP contribution < -0.4 is 14.8 Å². The second kappa shape index (κ2) is 9.44. The zero-order valence-electron chi connectivity index (χ0n) is 15.1. The highest BCUT2D eigenvalue weighted by atomic mass is 19.3. The number of nitrogens with one attached hydrogen (secondary N) is 1. The largest absolute Gasteiger partial charge is 0.493 e. The normalized spacial score (nSPS) is 16.2. The first kappa shape index (κ1) is 19.3. The minimum absolute atomic E-state index is 0.0296. The number of ether oxygens (including phenoxy) is 2. The lowest BCUT2D eigenvalue weighted by Crippen LogP contribution is -2.45. The summed E-state index contributed by atoms with van der Waals surface area (Å²) < 4.78 is 34.7. The van der Waals surface area contributed by atoms with E-state index in [1.165, 1.54) is 7.11 Å². The number of likely N-dealkylation sites (tertiary alicyclic amines) is 1. The minimum Gasteiger partial charge on any atom is -0.493 e. The number of piperidine rings is 1. The predicted molar refractivity (Wildman–Crippen MR) is 94.4 cm³/mol. The summed E-state index contributed by atoms with van der Waals surface area (Å²) in [7, 11) is 1.42. The maximum Gasteiger partial charge on any atom is 0.387 e. The lowest BCUT2D eigenvalue weighted by molar-refractivity contribution is -0.0512. The molecule has 1 fully saturated rings. The average molecular weight is 355 g/mol. The van der Waals surface area contributed by atoms with E-state index in [-0.39, 0.29) is 11.5 Å². The van der Waals surface area contributed by atoms with Crippen LogP contribution in [0.25, 0.3) is 0 Å². The van der Waals surface area contributed by atoms with Crippen LogP contribution in [0.1, 0.15) is 32.3 Å². The molecule has 1 aromatic carbocycles. The fourth-order valence-corrected chi connectivity index (χ4v) is 2.82. The van der Waals surface area contributed by atoms with Gasteiger partial charge < -0.3 is 19.7 Å². The highest BCUT2D eigenvalue weighted by molar-refractivity contribution is 5.80. The first-order chi connectivity index (χ1) is 12.0. The number of benzene rings is 1. The summed E-state index contributed by atoms with van der Waals surface area (Å²) in [5.74, 6) is 1.92. The number of guanidine groups is 1. The average Bonchev–Trinajstić information content (AvgIpc) is 2.59. The first-order valence-electron chi connectivity index (χ1n) is 8.68. The number of methoxy groups -OCH3 is 1. The van der Waals surface area contributed by atoms with Crippen LogP contribution in [0.3, 0.4) is 0 Å². The van der Waals surface area contributed by atoms with E-state index in [0.29, 0.717) is 6.54 Å². The van der Waals surface area contributed by atoms with Crippen molar-refractivity contribution in [2.75, 3.05) is 26.7 Å². The van der Waals surface area contributed by atoms with Crippen LogP contribution in [0.15, 0.2) is 23.2 Å². The Labute approximate surface area is 148 Å². The van der Waals surface area contributed by atoms with E-state index in [4.69, 9.17) is 4.74 Å². The second-order valence-electron chi connectivity index (χ2n) is 6.20. The molecule has 1 N–H and O–H groups in total. The maximum atomic E-state index is 12.5. The van der Waals surface area contributed by atoms with Crippen molar-refractivity contribution in [1.82, 2.24) is 10.2 Å². The van der Waals surface area contributed by atoms with Gasteiger partial charge in [-0.15, -0.1) is 0 Å². The Bertz CT molecular complexity index is 573. The molecule has 1 aromatic rings. The summed E-state index contributed by atoms with van der Waals surface area (Å²) in [5.41, 5.74) is 0.789. The van der Waals surface area contributed by atoms with Crippen molar-refractivity contribution in [3.8, 4) is 11.5 Å². The van der Waals surface area contributed by atoms with E-state index in [9.17, 15) is 8.78 Å². The van der Waals surface area contributed by atoms with Crippen LogP contribution in [0, 0.1) is 5.92 Å². The molecule has 7 heteroatoms. The molecule has 1 aliphatic heterocycles. The molecule has 1 heterocycles. The highest BCUT2D eigenvalue weighted by Gasteiger charge is 2.18. The van der Waals surface area contributed by atoms with Gasteiger partial charge in [-0.3, -0.25) is 0 Å². The Morgan fingerprint density at radius 3 is 2.64 bits per heavy atom. The van der Waals surface area contributed by atoms with Crippen molar-refractivity contribution in [2.45, 2.75) is 39.8 Å². The molecule has 0 aliphatic carbocycles. The van der Waals surface area contributed by atoms with E-state index >= 15 is 0 Å². The van der Waals surface area contributed by atoms with Crippen LogP contribution in [0.5, 0.6) is 11.5 Å². The monoisotopic (exact) mass is 355 g/mol. The molecule has 0 radical (unpaired) electrons. The third-order valence-corrected chi connectivity index (χ3v) is 4.27. The summed E-state index contributed by atoms with van der Waals surface area (Å²) in [6.07, 6.45) is 2.30. The van der Waals surface area contributed by atoms with E-state index in [0.717, 1.165) is 49.9 Å². The quantitative estimate of drug-likeness (QED) is 0.627. The van der Waals surface area contributed by atoms with Gasteiger partial charge in [0.05, 0.1) is 13.7 Å². The molecule has 0 bridgehead atoms. The first-order valence-corrected chi connectivity index (χ1v) is 8.68. The summed E-state index contributed by atoms with van der Waals surface area (Å²) in [6, 6.07) is 4.98. The molecule has 0 spiro atoms. The number of hydrogen-bond acceptors (Lipinski definition) is 3. The lowest BCUT2D eigenvalue weighted by Gasteiger charge is -2.33. The molecular formula is C18H27F2N3O2. The van der Waals surface area contributed by atoms with Crippen molar-refractivity contribution in [1.29, 1.82) is 0 Å². The van der Waals surface area contributed by atoms with Gasteiger partial charge >= 0.3 is 6.61 Å². The lowest BCUT2D eigenvalue weighted by atomic mass is 10.00. The summed E-state index contributed by atoms with van der Waals surface area (Å²) >= 11 is 0. The third-order valence-electron chi connectivity index (χ3n) is 4.27.